The standard InChI is InChI=1S/C16H14N2O4/c19-16(13-3-1-2-6-17-13)18-8-12(9-18)22-11-4-5-14-15(7-11)21-10-20-14/h1-7,12H,8-10H2. The number of amides is 1. The molecule has 0 aliphatic carbocycles. The van der Waals surface area contributed by atoms with Crippen molar-refractivity contribution in [2.75, 3.05) is 19.9 Å². The monoisotopic (exact) mass is 298 g/mol. The highest BCUT2D eigenvalue weighted by molar-refractivity contribution is 5.92. The quantitative estimate of drug-likeness (QED) is 0.863. The zero-order chi connectivity index (χ0) is 14.9. The Hall–Kier alpha value is -2.76. The molecule has 0 saturated carbocycles. The maximum Gasteiger partial charge on any atom is 0.272 e. The second-order valence-corrected chi connectivity index (χ2v) is 5.18. The SMILES string of the molecule is O=C(c1ccccn1)N1CC(Oc2ccc3c(c2)OCO3)C1. The van der Waals surface area contributed by atoms with Crippen LogP contribution in [0.2, 0.25) is 0 Å². The summed E-state index contributed by atoms with van der Waals surface area (Å²) >= 11 is 0. The molecule has 22 heavy (non-hydrogen) atoms. The Morgan fingerprint density at radius 1 is 1.18 bits per heavy atom. The molecule has 2 aliphatic rings. The first-order valence-electron chi connectivity index (χ1n) is 7.06. The van der Waals surface area contributed by atoms with Crippen LogP contribution < -0.4 is 14.2 Å². The highest BCUT2D eigenvalue weighted by atomic mass is 16.7. The van der Waals surface area contributed by atoms with E-state index in [9.17, 15) is 4.79 Å². The van der Waals surface area contributed by atoms with E-state index in [1.807, 2.05) is 18.2 Å². The van der Waals surface area contributed by atoms with Crippen LogP contribution in [0.15, 0.2) is 42.6 Å². The molecule has 2 aromatic rings. The molecule has 112 valence electrons. The number of rotatable bonds is 3. The Morgan fingerprint density at radius 2 is 2.05 bits per heavy atom. The second kappa shape index (κ2) is 5.22. The second-order valence-electron chi connectivity index (χ2n) is 5.18. The van der Waals surface area contributed by atoms with Crippen molar-refractivity contribution in [3.63, 3.8) is 0 Å². The van der Waals surface area contributed by atoms with Crippen molar-refractivity contribution in [3.05, 3.63) is 48.3 Å². The van der Waals surface area contributed by atoms with Crippen LogP contribution in [0, 0.1) is 0 Å². The summed E-state index contributed by atoms with van der Waals surface area (Å²) in [6.45, 7) is 1.36. The maximum absolute atomic E-state index is 12.1. The lowest BCUT2D eigenvalue weighted by molar-refractivity contribution is 0.0173. The topological polar surface area (TPSA) is 60.9 Å². The fourth-order valence-corrected chi connectivity index (χ4v) is 2.47. The zero-order valence-corrected chi connectivity index (χ0v) is 11.8. The molecule has 0 bridgehead atoms. The summed E-state index contributed by atoms with van der Waals surface area (Å²) < 4.78 is 16.4. The first kappa shape index (κ1) is 12.9. The Kier molecular flexibility index (Phi) is 3.07. The number of nitrogens with zero attached hydrogens (tertiary/aromatic N) is 2. The molecule has 4 rings (SSSR count). The molecule has 1 amide bonds. The number of pyridine rings is 1. The lowest BCUT2D eigenvalue weighted by Crippen LogP contribution is -2.56. The third-order valence-corrected chi connectivity index (χ3v) is 3.67. The fraction of sp³-hybridized carbons (Fsp3) is 0.250. The number of aromatic nitrogens is 1. The summed E-state index contributed by atoms with van der Waals surface area (Å²) in [6, 6.07) is 10.8. The molecule has 0 atom stereocenters. The number of hydrogen-bond acceptors (Lipinski definition) is 5. The molecule has 3 heterocycles. The van der Waals surface area contributed by atoms with E-state index in [4.69, 9.17) is 14.2 Å². The lowest BCUT2D eigenvalue weighted by Gasteiger charge is -2.38. The highest BCUT2D eigenvalue weighted by Gasteiger charge is 2.33. The number of benzene rings is 1. The zero-order valence-electron chi connectivity index (χ0n) is 11.8. The van der Waals surface area contributed by atoms with E-state index in [2.05, 4.69) is 4.98 Å². The molecule has 0 spiro atoms. The lowest BCUT2D eigenvalue weighted by atomic mass is 10.1. The predicted octanol–water partition coefficient (Wildman–Crippen LogP) is 1.71. The summed E-state index contributed by atoms with van der Waals surface area (Å²) in [5.41, 5.74) is 0.462. The predicted molar refractivity (Wildman–Crippen MR) is 77.1 cm³/mol. The normalized spacial score (nSPS) is 16.3. The number of hydrogen-bond donors (Lipinski definition) is 0. The van der Waals surface area contributed by atoms with Crippen LogP contribution >= 0.6 is 0 Å². The minimum atomic E-state index is -0.0638. The molecule has 6 heteroatoms. The average molecular weight is 298 g/mol. The minimum absolute atomic E-state index is 0.00645. The molecule has 6 nitrogen and oxygen atoms in total. The first-order valence-corrected chi connectivity index (χ1v) is 7.06. The van der Waals surface area contributed by atoms with Gasteiger partial charge >= 0.3 is 0 Å². The van der Waals surface area contributed by atoms with E-state index in [0.29, 0.717) is 24.5 Å². The number of ether oxygens (including phenoxy) is 3. The van der Waals surface area contributed by atoms with E-state index < -0.39 is 0 Å². The molecule has 1 saturated heterocycles. The molecule has 0 radical (unpaired) electrons. The minimum Gasteiger partial charge on any atom is -0.487 e. The first-order chi connectivity index (χ1) is 10.8. The number of carbonyl (C=O) groups excluding carboxylic acids is 1. The fourth-order valence-electron chi connectivity index (χ4n) is 2.47. The molecular formula is C16H14N2O4. The van der Waals surface area contributed by atoms with Crippen molar-refractivity contribution in [1.29, 1.82) is 0 Å². The van der Waals surface area contributed by atoms with E-state index in [0.717, 1.165) is 11.5 Å². The van der Waals surface area contributed by atoms with Gasteiger partial charge in [-0.3, -0.25) is 9.78 Å². The smallest absolute Gasteiger partial charge is 0.272 e. The molecule has 0 unspecified atom stereocenters. The van der Waals surface area contributed by atoms with Crippen LogP contribution in [0.25, 0.3) is 0 Å². The van der Waals surface area contributed by atoms with Crippen LogP contribution in [0.3, 0.4) is 0 Å². The van der Waals surface area contributed by atoms with E-state index in [1.165, 1.54) is 0 Å². The van der Waals surface area contributed by atoms with Gasteiger partial charge in [-0.1, -0.05) is 6.07 Å². The third-order valence-electron chi connectivity index (χ3n) is 3.67. The molecule has 1 aromatic heterocycles. The van der Waals surface area contributed by atoms with Gasteiger partial charge in [0.15, 0.2) is 11.5 Å². The van der Waals surface area contributed by atoms with Gasteiger partial charge in [-0.05, 0) is 24.3 Å². The van der Waals surface area contributed by atoms with Gasteiger partial charge in [0.1, 0.15) is 17.5 Å². The average Bonchev–Trinajstić information content (AvgIpc) is 2.98. The van der Waals surface area contributed by atoms with Gasteiger partial charge in [-0.2, -0.15) is 0 Å². The Morgan fingerprint density at radius 3 is 2.86 bits per heavy atom. The highest BCUT2D eigenvalue weighted by Crippen LogP contribution is 2.35. The molecule has 1 aromatic carbocycles. The van der Waals surface area contributed by atoms with Gasteiger partial charge < -0.3 is 19.1 Å². The van der Waals surface area contributed by atoms with Gasteiger partial charge in [0.25, 0.3) is 5.91 Å². The van der Waals surface area contributed by atoms with Crippen molar-refractivity contribution in [1.82, 2.24) is 9.88 Å². The van der Waals surface area contributed by atoms with Crippen LogP contribution in [0.5, 0.6) is 17.2 Å². The maximum atomic E-state index is 12.1. The van der Waals surface area contributed by atoms with Gasteiger partial charge in [0.2, 0.25) is 6.79 Å². The van der Waals surface area contributed by atoms with Crippen molar-refractivity contribution in [2.45, 2.75) is 6.10 Å². The third kappa shape index (κ3) is 2.32. The summed E-state index contributed by atoms with van der Waals surface area (Å²) in [7, 11) is 0. The number of carbonyl (C=O) groups is 1. The van der Waals surface area contributed by atoms with E-state index in [-0.39, 0.29) is 18.8 Å². The number of likely N-dealkylation sites (tertiary alicyclic amines) is 1. The molecule has 2 aliphatic heterocycles. The van der Waals surface area contributed by atoms with Crippen molar-refractivity contribution in [3.8, 4) is 17.2 Å². The Balaban J connectivity index is 1.35. The van der Waals surface area contributed by atoms with Gasteiger partial charge in [0, 0.05) is 12.3 Å². The van der Waals surface area contributed by atoms with Crippen LogP contribution in [-0.4, -0.2) is 41.8 Å². The van der Waals surface area contributed by atoms with Crippen LogP contribution in [-0.2, 0) is 0 Å². The van der Waals surface area contributed by atoms with Crippen molar-refractivity contribution < 1.29 is 19.0 Å². The van der Waals surface area contributed by atoms with E-state index >= 15 is 0 Å². The Bertz CT molecular complexity index is 699. The molecule has 0 N–H and O–H groups in total. The van der Waals surface area contributed by atoms with Crippen molar-refractivity contribution in [2.24, 2.45) is 0 Å². The largest absolute Gasteiger partial charge is 0.487 e. The summed E-state index contributed by atoms with van der Waals surface area (Å²) in [4.78, 5) is 17.9. The number of fused-ring (bicyclic) bond motifs is 1. The summed E-state index contributed by atoms with van der Waals surface area (Å²) in [6.07, 6.45) is 1.61. The van der Waals surface area contributed by atoms with Crippen molar-refractivity contribution >= 4 is 5.91 Å². The summed E-state index contributed by atoms with van der Waals surface area (Å²) in [5, 5.41) is 0. The molecule has 1 fully saturated rings. The molecular weight excluding hydrogens is 284 g/mol. The van der Waals surface area contributed by atoms with Crippen LogP contribution in [0.4, 0.5) is 0 Å². The Labute approximate surface area is 127 Å². The van der Waals surface area contributed by atoms with Crippen LogP contribution in [0.1, 0.15) is 10.5 Å². The summed E-state index contributed by atoms with van der Waals surface area (Å²) in [5.74, 6) is 2.08. The van der Waals surface area contributed by atoms with Gasteiger partial charge in [-0.25, -0.2) is 0 Å². The van der Waals surface area contributed by atoms with E-state index in [1.54, 1.807) is 29.3 Å². The van der Waals surface area contributed by atoms with Gasteiger partial charge in [-0.15, -0.1) is 0 Å². The van der Waals surface area contributed by atoms with Gasteiger partial charge in [0.05, 0.1) is 13.1 Å².